The molecule has 0 radical (unpaired) electrons. The Kier molecular flexibility index (Phi) is 3.79. The fourth-order valence-corrected chi connectivity index (χ4v) is 1.93. The van der Waals surface area contributed by atoms with Crippen LogP contribution in [0.4, 0.5) is 5.69 Å². The molecule has 1 aromatic heterocycles. The quantitative estimate of drug-likeness (QED) is 0.910. The predicted molar refractivity (Wildman–Crippen MR) is 77.7 cm³/mol. The highest BCUT2D eigenvalue weighted by atomic mass is 16.5. The molecule has 1 aromatic carbocycles. The molecule has 4 nitrogen and oxygen atoms in total. The van der Waals surface area contributed by atoms with Crippen LogP contribution in [-0.4, -0.2) is 9.78 Å². The molecule has 0 atom stereocenters. The number of ether oxygens (including phenoxy) is 1. The molecule has 0 spiro atoms. The van der Waals surface area contributed by atoms with Gasteiger partial charge < -0.3 is 10.5 Å². The number of hydrogen-bond acceptors (Lipinski definition) is 3. The summed E-state index contributed by atoms with van der Waals surface area (Å²) in [6, 6.07) is 8.26. The molecule has 0 aliphatic carbocycles. The lowest BCUT2D eigenvalue weighted by molar-refractivity contribution is 0.389. The summed E-state index contributed by atoms with van der Waals surface area (Å²) < 4.78 is 7.76. The van der Waals surface area contributed by atoms with Crippen molar-refractivity contribution >= 4 is 5.69 Å². The number of nitrogens with zero attached hydrogens (tertiary/aromatic N) is 2. The van der Waals surface area contributed by atoms with Crippen LogP contribution in [-0.2, 0) is 6.42 Å². The molecule has 102 valence electrons. The van der Waals surface area contributed by atoms with Gasteiger partial charge in [-0.2, -0.15) is 5.10 Å². The molecule has 0 bridgehead atoms. The summed E-state index contributed by atoms with van der Waals surface area (Å²) in [6.07, 6.45) is 0.981. The van der Waals surface area contributed by atoms with Crippen LogP contribution in [0.2, 0.25) is 0 Å². The summed E-state index contributed by atoms with van der Waals surface area (Å²) in [5.41, 5.74) is 8.70. The second kappa shape index (κ2) is 5.34. The van der Waals surface area contributed by atoms with Crippen molar-refractivity contribution in [3.63, 3.8) is 0 Å². The predicted octanol–water partition coefficient (Wildman–Crippen LogP) is 3.71. The van der Waals surface area contributed by atoms with Gasteiger partial charge in [0.1, 0.15) is 11.4 Å². The Bertz CT molecular complexity index is 573. The average Bonchev–Trinajstić information content (AvgIpc) is 2.67. The molecule has 0 unspecified atom stereocenters. The minimum atomic E-state index is 0.209. The first-order valence-electron chi connectivity index (χ1n) is 6.64. The number of aryl methyl sites for hydroxylation is 2. The van der Waals surface area contributed by atoms with Crippen molar-refractivity contribution in [3.05, 3.63) is 35.5 Å². The van der Waals surface area contributed by atoms with Crippen LogP contribution in [0.3, 0.4) is 0 Å². The molecule has 2 aromatic rings. The summed E-state index contributed by atoms with van der Waals surface area (Å²) >= 11 is 0. The van der Waals surface area contributed by atoms with Crippen LogP contribution in [0.25, 0.3) is 0 Å². The van der Waals surface area contributed by atoms with Crippen molar-refractivity contribution in [3.8, 4) is 11.6 Å². The number of benzene rings is 1. The molecule has 0 saturated carbocycles. The fourth-order valence-electron chi connectivity index (χ4n) is 1.93. The molecule has 0 saturated heterocycles. The molecule has 0 aliphatic heterocycles. The molecule has 2 rings (SSSR count). The van der Waals surface area contributed by atoms with Crippen molar-refractivity contribution in [1.82, 2.24) is 9.78 Å². The first-order valence-corrected chi connectivity index (χ1v) is 6.64. The Morgan fingerprint density at radius 1 is 1.37 bits per heavy atom. The Hall–Kier alpha value is -1.97. The van der Waals surface area contributed by atoms with Gasteiger partial charge >= 0.3 is 0 Å². The summed E-state index contributed by atoms with van der Waals surface area (Å²) in [5, 5.41) is 4.42. The molecule has 0 fully saturated rings. The van der Waals surface area contributed by atoms with E-state index in [0.717, 1.165) is 17.9 Å². The fraction of sp³-hybridized carbons (Fsp3) is 0.400. The van der Waals surface area contributed by atoms with E-state index in [-0.39, 0.29) is 6.04 Å². The Morgan fingerprint density at radius 3 is 2.74 bits per heavy atom. The van der Waals surface area contributed by atoms with E-state index in [1.165, 1.54) is 5.56 Å². The zero-order chi connectivity index (χ0) is 14.0. The van der Waals surface area contributed by atoms with Crippen molar-refractivity contribution in [2.24, 2.45) is 0 Å². The first kappa shape index (κ1) is 13.5. The second-order valence-electron chi connectivity index (χ2n) is 4.95. The minimum absolute atomic E-state index is 0.209. The number of nitrogens with two attached hydrogens (primary N) is 1. The SMILES string of the molecule is CCc1cccc(Oc2c(N)c(C)nn2C(C)C)c1. The summed E-state index contributed by atoms with van der Waals surface area (Å²) in [7, 11) is 0. The number of nitrogen functional groups attached to an aromatic ring is 1. The van der Waals surface area contributed by atoms with Gasteiger partial charge in [-0.25, -0.2) is 4.68 Å². The third-order valence-electron chi connectivity index (χ3n) is 3.10. The van der Waals surface area contributed by atoms with E-state index in [4.69, 9.17) is 10.5 Å². The van der Waals surface area contributed by atoms with Crippen LogP contribution in [0, 0.1) is 6.92 Å². The maximum Gasteiger partial charge on any atom is 0.241 e. The highest BCUT2D eigenvalue weighted by Gasteiger charge is 2.16. The second-order valence-corrected chi connectivity index (χ2v) is 4.95. The molecular formula is C15H21N3O. The zero-order valence-electron chi connectivity index (χ0n) is 12.0. The minimum Gasteiger partial charge on any atom is -0.437 e. The van der Waals surface area contributed by atoms with Gasteiger partial charge in [-0.1, -0.05) is 19.1 Å². The number of aromatic nitrogens is 2. The lowest BCUT2D eigenvalue weighted by Crippen LogP contribution is -2.05. The van der Waals surface area contributed by atoms with Crippen LogP contribution in [0.5, 0.6) is 11.6 Å². The van der Waals surface area contributed by atoms with Gasteiger partial charge in [0.2, 0.25) is 5.88 Å². The third-order valence-corrected chi connectivity index (χ3v) is 3.10. The van der Waals surface area contributed by atoms with E-state index in [1.54, 1.807) is 0 Å². The van der Waals surface area contributed by atoms with Crippen molar-refractivity contribution in [1.29, 1.82) is 0 Å². The number of rotatable bonds is 4. The molecule has 0 amide bonds. The molecule has 0 aliphatic rings. The lowest BCUT2D eigenvalue weighted by atomic mass is 10.2. The van der Waals surface area contributed by atoms with Gasteiger partial charge in [-0.05, 0) is 44.9 Å². The third kappa shape index (κ3) is 2.72. The summed E-state index contributed by atoms with van der Waals surface area (Å²) in [5.74, 6) is 1.42. The highest BCUT2D eigenvalue weighted by molar-refractivity contribution is 5.54. The number of hydrogen-bond donors (Lipinski definition) is 1. The molecule has 4 heteroatoms. The number of anilines is 1. The highest BCUT2D eigenvalue weighted by Crippen LogP contribution is 2.32. The van der Waals surface area contributed by atoms with Gasteiger partial charge in [0.25, 0.3) is 0 Å². The monoisotopic (exact) mass is 259 g/mol. The van der Waals surface area contributed by atoms with Crippen LogP contribution in [0.1, 0.15) is 38.1 Å². The first-order chi connectivity index (χ1) is 9.02. The van der Waals surface area contributed by atoms with E-state index < -0.39 is 0 Å². The van der Waals surface area contributed by atoms with Crippen molar-refractivity contribution < 1.29 is 4.74 Å². The molecule has 1 heterocycles. The van der Waals surface area contributed by atoms with Crippen molar-refractivity contribution in [2.45, 2.75) is 40.2 Å². The van der Waals surface area contributed by atoms with Gasteiger partial charge in [0.05, 0.1) is 11.7 Å². The van der Waals surface area contributed by atoms with Crippen molar-refractivity contribution in [2.75, 3.05) is 5.73 Å². The maximum atomic E-state index is 6.05. The Balaban J connectivity index is 2.37. The van der Waals surface area contributed by atoms with Crippen LogP contribution in [0.15, 0.2) is 24.3 Å². The molecule has 19 heavy (non-hydrogen) atoms. The lowest BCUT2D eigenvalue weighted by Gasteiger charge is -2.12. The van der Waals surface area contributed by atoms with E-state index in [0.29, 0.717) is 11.6 Å². The van der Waals surface area contributed by atoms with Gasteiger partial charge in [0.15, 0.2) is 0 Å². The van der Waals surface area contributed by atoms with Gasteiger partial charge in [0, 0.05) is 0 Å². The van der Waals surface area contributed by atoms with E-state index >= 15 is 0 Å². The molecular weight excluding hydrogens is 238 g/mol. The summed E-state index contributed by atoms with van der Waals surface area (Å²) in [4.78, 5) is 0. The van der Waals surface area contributed by atoms with Crippen LogP contribution >= 0.6 is 0 Å². The maximum absolute atomic E-state index is 6.05. The zero-order valence-corrected chi connectivity index (χ0v) is 12.0. The van der Waals surface area contributed by atoms with E-state index in [1.807, 2.05) is 29.8 Å². The average molecular weight is 259 g/mol. The standard InChI is InChI=1S/C15H21N3O/c1-5-12-7-6-8-13(9-12)19-15-14(16)11(4)17-18(15)10(2)3/h6-10H,5,16H2,1-4H3. The van der Waals surface area contributed by atoms with Gasteiger partial charge in [-0.15, -0.1) is 0 Å². The Morgan fingerprint density at radius 2 is 2.11 bits per heavy atom. The van der Waals surface area contributed by atoms with Gasteiger partial charge in [-0.3, -0.25) is 0 Å². The summed E-state index contributed by atoms with van der Waals surface area (Å²) in [6.45, 7) is 8.13. The smallest absolute Gasteiger partial charge is 0.241 e. The topological polar surface area (TPSA) is 53.1 Å². The normalized spacial score (nSPS) is 11.0. The largest absolute Gasteiger partial charge is 0.437 e. The van der Waals surface area contributed by atoms with Crippen LogP contribution < -0.4 is 10.5 Å². The van der Waals surface area contributed by atoms with E-state index in [2.05, 4.69) is 31.9 Å². The molecule has 2 N–H and O–H groups in total. The van der Waals surface area contributed by atoms with E-state index in [9.17, 15) is 0 Å². The Labute approximate surface area is 114 Å².